The topological polar surface area (TPSA) is 62.1 Å². The zero-order valence-electron chi connectivity index (χ0n) is 11.7. The minimum atomic E-state index is 0.186. The average molecular weight is 271 g/mol. The molecular formula is C16H21N3O. The summed E-state index contributed by atoms with van der Waals surface area (Å²) < 4.78 is 0. The number of nitrogens with two attached hydrogens (primary N) is 1. The molecule has 1 fully saturated rings. The first-order valence-corrected chi connectivity index (χ1v) is 7.36. The van der Waals surface area contributed by atoms with Crippen LogP contribution in [0.3, 0.4) is 0 Å². The van der Waals surface area contributed by atoms with Gasteiger partial charge in [-0.25, -0.2) is 0 Å². The maximum Gasteiger partial charge on any atom is 0.180 e. The van der Waals surface area contributed by atoms with Gasteiger partial charge in [0, 0.05) is 29.6 Å². The molecule has 0 bridgehead atoms. The lowest BCUT2D eigenvalue weighted by atomic mass is 10.1. The third kappa shape index (κ3) is 2.85. The van der Waals surface area contributed by atoms with Crippen LogP contribution in [0.4, 0.5) is 5.69 Å². The zero-order chi connectivity index (χ0) is 13.9. The van der Waals surface area contributed by atoms with Gasteiger partial charge in [-0.05, 0) is 50.2 Å². The van der Waals surface area contributed by atoms with Gasteiger partial charge in [-0.3, -0.25) is 4.79 Å². The number of nitrogen functional groups attached to an aromatic ring is 1. The SMILES string of the molecule is Nc1ccc2[nH]c(C(=O)CCN3CCCCC3)cc2c1. The van der Waals surface area contributed by atoms with Crippen molar-refractivity contribution in [2.45, 2.75) is 25.7 Å². The van der Waals surface area contributed by atoms with E-state index in [2.05, 4.69) is 9.88 Å². The number of nitrogens with zero attached hydrogens (tertiary/aromatic N) is 1. The second-order valence-corrected chi connectivity index (χ2v) is 5.61. The van der Waals surface area contributed by atoms with E-state index in [4.69, 9.17) is 5.73 Å². The van der Waals surface area contributed by atoms with Crippen molar-refractivity contribution in [3.05, 3.63) is 30.0 Å². The molecule has 0 spiro atoms. The normalized spacial score (nSPS) is 16.6. The maximum absolute atomic E-state index is 12.3. The van der Waals surface area contributed by atoms with E-state index >= 15 is 0 Å². The van der Waals surface area contributed by atoms with Gasteiger partial charge in [0.15, 0.2) is 5.78 Å². The smallest absolute Gasteiger partial charge is 0.180 e. The largest absolute Gasteiger partial charge is 0.399 e. The number of hydrogen-bond donors (Lipinski definition) is 2. The second-order valence-electron chi connectivity index (χ2n) is 5.61. The molecule has 1 saturated heterocycles. The molecule has 3 N–H and O–H groups in total. The van der Waals surface area contributed by atoms with Crippen molar-refractivity contribution in [1.82, 2.24) is 9.88 Å². The number of rotatable bonds is 4. The number of H-pyrrole nitrogens is 1. The van der Waals surface area contributed by atoms with Crippen LogP contribution in [0.5, 0.6) is 0 Å². The van der Waals surface area contributed by atoms with Crippen molar-refractivity contribution in [1.29, 1.82) is 0 Å². The van der Waals surface area contributed by atoms with Crippen LogP contribution in [0.15, 0.2) is 24.3 Å². The standard InChI is InChI=1S/C16H21N3O/c17-13-4-5-14-12(10-13)11-15(18-14)16(20)6-9-19-7-2-1-3-8-19/h4-5,10-11,18H,1-3,6-9,17H2. The zero-order valence-corrected chi connectivity index (χ0v) is 11.7. The van der Waals surface area contributed by atoms with Crippen LogP contribution in [-0.2, 0) is 0 Å². The highest BCUT2D eigenvalue weighted by Gasteiger charge is 2.14. The number of fused-ring (bicyclic) bond motifs is 1. The van der Waals surface area contributed by atoms with Crippen LogP contribution in [0, 0.1) is 0 Å². The van der Waals surface area contributed by atoms with Gasteiger partial charge in [0.05, 0.1) is 5.69 Å². The molecule has 1 aromatic heterocycles. The van der Waals surface area contributed by atoms with E-state index in [-0.39, 0.29) is 5.78 Å². The van der Waals surface area contributed by atoms with Crippen LogP contribution >= 0.6 is 0 Å². The number of piperidine rings is 1. The summed E-state index contributed by atoms with van der Waals surface area (Å²) in [5, 5.41) is 1.01. The van der Waals surface area contributed by atoms with E-state index in [1.54, 1.807) is 0 Å². The lowest BCUT2D eigenvalue weighted by molar-refractivity contribution is 0.0954. The summed E-state index contributed by atoms with van der Waals surface area (Å²) in [6.07, 6.45) is 4.44. The number of carbonyl (C=O) groups is 1. The Hall–Kier alpha value is -1.81. The molecule has 0 aliphatic carbocycles. The third-order valence-corrected chi connectivity index (χ3v) is 4.05. The van der Waals surface area contributed by atoms with Gasteiger partial charge in [-0.2, -0.15) is 0 Å². The molecule has 106 valence electrons. The number of aromatic nitrogens is 1. The van der Waals surface area contributed by atoms with Crippen molar-refractivity contribution in [3.63, 3.8) is 0 Å². The number of nitrogens with one attached hydrogen (secondary N) is 1. The van der Waals surface area contributed by atoms with Gasteiger partial charge in [0.2, 0.25) is 0 Å². The Labute approximate surface area is 118 Å². The van der Waals surface area contributed by atoms with Crippen molar-refractivity contribution < 1.29 is 4.79 Å². The summed E-state index contributed by atoms with van der Waals surface area (Å²) in [5.74, 6) is 0.186. The quantitative estimate of drug-likeness (QED) is 0.664. The number of Topliss-reactive ketones (excluding diaryl/α,β-unsaturated/α-hetero) is 1. The van der Waals surface area contributed by atoms with Crippen LogP contribution in [-0.4, -0.2) is 35.3 Å². The predicted molar refractivity (Wildman–Crippen MR) is 81.9 cm³/mol. The molecule has 0 unspecified atom stereocenters. The molecule has 1 aliphatic heterocycles. The Bertz CT molecular complexity index is 611. The van der Waals surface area contributed by atoms with Gasteiger partial charge < -0.3 is 15.6 Å². The summed E-state index contributed by atoms with van der Waals surface area (Å²) in [6, 6.07) is 7.57. The van der Waals surface area contributed by atoms with Gasteiger partial charge in [-0.15, -0.1) is 0 Å². The van der Waals surface area contributed by atoms with E-state index in [9.17, 15) is 4.79 Å². The monoisotopic (exact) mass is 271 g/mol. The number of anilines is 1. The Morgan fingerprint density at radius 1 is 1.20 bits per heavy atom. The summed E-state index contributed by atoms with van der Waals surface area (Å²) in [6.45, 7) is 3.14. The minimum absolute atomic E-state index is 0.186. The summed E-state index contributed by atoms with van der Waals surface area (Å²) in [7, 11) is 0. The molecule has 2 heterocycles. The fourth-order valence-corrected chi connectivity index (χ4v) is 2.88. The minimum Gasteiger partial charge on any atom is -0.399 e. The Balaban J connectivity index is 1.65. The highest BCUT2D eigenvalue weighted by Crippen LogP contribution is 2.19. The molecule has 2 aromatic rings. The molecule has 1 aromatic carbocycles. The fraction of sp³-hybridized carbons (Fsp3) is 0.438. The van der Waals surface area contributed by atoms with Crippen molar-refractivity contribution in [2.24, 2.45) is 0 Å². The van der Waals surface area contributed by atoms with Crippen molar-refractivity contribution in [2.75, 3.05) is 25.4 Å². The van der Waals surface area contributed by atoms with E-state index in [1.165, 1.54) is 19.3 Å². The van der Waals surface area contributed by atoms with Crippen LogP contribution < -0.4 is 5.73 Å². The predicted octanol–water partition coefficient (Wildman–Crippen LogP) is 2.81. The molecule has 0 radical (unpaired) electrons. The van der Waals surface area contributed by atoms with Crippen LogP contribution in [0.1, 0.15) is 36.2 Å². The molecule has 4 heteroatoms. The molecule has 0 atom stereocenters. The molecular weight excluding hydrogens is 250 g/mol. The number of aromatic amines is 1. The maximum atomic E-state index is 12.3. The molecule has 0 saturated carbocycles. The van der Waals surface area contributed by atoms with Gasteiger partial charge in [0.1, 0.15) is 0 Å². The Morgan fingerprint density at radius 2 is 2.00 bits per heavy atom. The molecule has 3 rings (SSSR count). The fourth-order valence-electron chi connectivity index (χ4n) is 2.88. The lowest BCUT2D eigenvalue weighted by Gasteiger charge is -2.25. The number of hydrogen-bond acceptors (Lipinski definition) is 3. The lowest BCUT2D eigenvalue weighted by Crippen LogP contribution is -2.31. The number of ketones is 1. The highest BCUT2D eigenvalue weighted by atomic mass is 16.1. The number of benzene rings is 1. The van der Waals surface area contributed by atoms with E-state index in [1.807, 2.05) is 24.3 Å². The summed E-state index contributed by atoms with van der Waals surface area (Å²) >= 11 is 0. The van der Waals surface area contributed by atoms with Crippen LogP contribution in [0.2, 0.25) is 0 Å². The first-order valence-electron chi connectivity index (χ1n) is 7.36. The molecule has 1 aliphatic rings. The van der Waals surface area contributed by atoms with Crippen molar-refractivity contribution >= 4 is 22.4 Å². The van der Waals surface area contributed by atoms with Gasteiger partial charge >= 0.3 is 0 Å². The third-order valence-electron chi connectivity index (χ3n) is 4.05. The summed E-state index contributed by atoms with van der Waals surface area (Å²) in [4.78, 5) is 17.8. The number of carbonyl (C=O) groups excluding carboxylic acids is 1. The van der Waals surface area contributed by atoms with Gasteiger partial charge in [0.25, 0.3) is 0 Å². The molecule has 20 heavy (non-hydrogen) atoms. The molecule has 0 amide bonds. The van der Waals surface area contributed by atoms with Crippen molar-refractivity contribution in [3.8, 4) is 0 Å². The van der Waals surface area contributed by atoms with Gasteiger partial charge in [-0.1, -0.05) is 6.42 Å². The molecule has 4 nitrogen and oxygen atoms in total. The average Bonchev–Trinajstić information content (AvgIpc) is 2.89. The van der Waals surface area contributed by atoms with E-state index in [0.29, 0.717) is 12.1 Å². The Kier molecular flexibility index (Phi) is 3.74. The van der Waals surface area contributed by atoms with E-state index in [0.717, 1.165) is 36.2 Å². The van der Waals surface area contributed by atoms with E-state index < -0.39 is 0 Å². The first kappa shape index (κ1) is 13.2. The Morgan fingerprint density at radius 3 is 2.80 bits per heavy atom. The highest BCUT2D eigenvalue weighted by molar-refractivity contribution is 5.99. The van der Waals surface area contributed by atoms with Crippen LogP contribution in [0.25, 0.3) is 10.9 Å². The first-order chi connectivity index (χ1) is 9.72. The number of likely N-dealkylation sites (tertiary alicyclic amines) is 1. The second kappa shape index (κ2) is 5.67. The summed E-state index contributed by atoms with van der Waals surface area (Å²) in [5.41, 5.74) is 8.16.